The summed E-state index contributed by atoms with van der Waals surface area (Å²) in [5.41, 5.74) is 2.66. The van der Waals surface area contributed by atoms with E-state index in [1.54, 1.807) is 33.2 Å². The minimum absolute atomic E-state index is 0.380. The lowest BCUT2D eigenvalue weighted by Crippen LogP contribution is -2.44. The van der Waals surface area contributed by atoms with Gasteiger partial charge < -0.3 is 30.3 Å². The lowest BCUT2D eigenvalue weighted by atomic mass is 9.96. The molecule has 3 N–H and O–H groups in total. The van der Waals surface area contributed by atoms with Crippen molar-refractivity contribution in [3.8, 4) is 5.75 Å². The van der Waals surface area contributed by atoms with Gasteiger partial charge in [0.15, 0.2) is 0 Å². The number of benzene rings is 2. The van der Waals surface area contributed by atoms with Crippen LogP contribution in [0.25, 0.3) is 0 Å². The van der Waals surface area contributed by atoms with E-state index in [-0.39, 0.29) is 0 Å². The van der Waals surface area contributed by atoms with Gasteiger partial charge in [-0.2, -0.15) is 4.98 Å². The fraction of sp³-hybridized carbons (Fsp3) is 0.385. The predicted octanol–water partition coefficient (Wildman–Crippen LogP) is 5.16. The number of ether oxygens (including phenoxy) is 1. The average molecular weight is 559 g/mol. The van der Waals surface area contributed by atoms with E-state index in [1.807, 2.05) is 13.0 Å². The molecule has 0 bridgehead atoms. The number of hydrogen-bond donors (Lipinski definition) is 3. The smallest absolute Gasteiger partial charge is 0.229 e. The molecule has 1 aromatic heterocycles. The van der Waals surface area contributed by atoms with Gasteiger partial charge in [-0.05, 0) is 73.6 Å². The van der Waals surface area contributed by atoms with Crippen LogP contribution in [-0.2, 0) is 5.60 Å². The zero-order valence-corrected chi connectivity index (χ0v) is 22.8. The summed E-state index contributed by atoms with van der Waals surface area (Å²) < 4.78 is 20.2. The molecule has 10 heteroatoms. The molecule has 192 valence electrons. The van der Waals surface area contributed by atoms with E-state index in [1.165, 1.54) is 12.1 Å². The van der Waals surface area contributed by atoms with Crippen LogP contribution in [0.4, 0.5) is 33.2 Å². The SMILES string of the molecule is COc1cc(Nc2ncc(Br)c(Nc3ccc(F)cc3C(C)(C)O)n2)c(C)cc1N1CCN(C)CC1. The van der Waals surface area contributed by atoms with Crippen molar-refractivity contribution in [2.24, 2.45) is 0 Å². The van der Waals surface area contributed by atoms with Crippen molar-refractivity contribution < 1.29 is 14.2 Å². The Hall–Kier alpha value is -2.95. The number of nitrogens with zero attached hydrogens (tertiary/aromatic N) is 4. The maximum atomic E-state index is 13.9. The fourth-order valence-electron chi connectivity index (χ4n) is 4.16. The molecule has 2 aromatic carbocycles. The van der Waals surface area contributed by atoms with Crippen LogP contribution in [0.2, 0.25) is 0 Å². The van der Waals surface area contributed by atoms with Gasteiger partial charge in [-0.1, -0.05) is 0 Å². The number of aryl methyl sites for hydroxylation is 1. The van der Waals surface area contributed by atoms with E-state index in [2.05, 4.69) is 59.4 Å². The number of aromatic nitrogens is 2. The second kappa shape index (κ2) is 10.6. The maximum absolute atomic E-state index is 13.9. The summed E-state index contributed by atoms with van der Waals surface area (Å²) in [5, 5.41) is 17.0. The van der Waals surface area contributed by atoms with Gasteiger partial charge in [0, 0.05) is 55.4 Å². The van der Waals surface area contributed by atoms with Gasteiger partial charge in [0.25, 0.3) is 0 Å². The normalized spacial score (nSPS) is 14.6. The Morgan fingerprint density at radius 1 is 1.08 bits per heavy atom. The monoisotopic (exact) mass is 558 g/mol. The number of methoxy groups -OCH3 is 1. The first-order valence-corrected chi connectivity index (χ1v) is 12.6. The van der Waals surface area contributed by atoms with Crippen molar-refractivity contribution in [3.05, 3.63) is 57.9 Å². The van der Waals surface area contributed by atoms with Crippen LogP contribution in [0.1, 0.15) is 25.0 Å². The first-order valence-electron chi connectivity index (χ1n) is 11.8. The molecule has 0 radical (unpaired) electrons. The Balaban J connectivity index is 1.60. The first kappa shape index (κ1) is 26.1. The van der Waals surface area contributed by atoms with Crippen molar-refractivity contribution in [1.82, 2.24) is 14.9 Å². The van der Waals surface area contributed by atoms with Crippen molar-refractivity contribution in [3.63, 3.8) is 0 Å². The number of halogens is 2. The number of nitrogens with one attached hydrogen (secondary N) is 2. The van der Waals surface area contributed by atoms with E-state index in [0.717, 1.165) is 48.9 Å². The molecule has 0 spiro atoms. The zero-order chi connectivity index (χ0) is 26.0. The summed E-state index contributed by atoms with van der Waals surface area (Å²) in [4.78, 5) is 13.7. The van der Waals surface area contributed by atoms with Gasteiger partial charge in [-0.3, -0.25) is 0 Å². The summed E-state index contributed by atoms with van der Waals surface area (Å²) >= 11 is 3.48. The molecule has 0 atom stereocenters. The molecule has 1 saturated heterocycles. The van der Waals surface area contributed by atoms with Crippen LogP contribution in [0.3, 0.4) is 0 Å². The summed E-state index contributed by atoms with van der Waals surface area (Å²) in [6, 6.07) is 8.32. The molecule has 0 amide bonds. The Morgan fingerprint density at radius 3 is 2.47 bits per heavy atom. The lowest BCUT2D eigenvalue weighted by Gasteiger charge is -2.35. The van der Waals surface area contributed by atoms with E-state index in [0.29, 0.717) is 27.5 Å². The highest BCUT2D eigenvalue weighted by atomic mass is 79.9. The number of hydrogen-bond acceptors (Lipinski definition) is 8. The minimum Gasteiger partial charge on any atom is -0.495 e. The molecule has 3 aromatic rings. The topological polar surface area (TPSA) is 85.8 Å². The standard InChI is InChI=1S/C26H32BrFN6O2/c1-16-12-22(34-10-8-33(4)9-11-34)23(36-5)14-21(16)31-25-29-15-19(27)24(32-25)30-20-7-6-17(28)13-18(20)26(2,3)35/h6-7,12-15,35H,8-11H2,1-5H3,(H2,29,30,31,32). The molecule has 1 aliphatic rings. The molecular weight excluding hydrogens is 527 g/mol. The number of anilines is 5. The van der Waals surface area contributed by atoms with Crippen LogP contribution >= 0.6 is 15.9 Å². The molecule has 36 heavy (non-hydrogen) atoms. The maximum Gasteiger partial charge on any atom is 0.229 e. The second-order valence-electron chi connectivity index (χ2n) is 9.52. The van der Waals surface area contributed by atoms with Crippen LogP contribution in [0.5, 0.6) is 5.75 Å². The minimum atomic E-state index is -1.25. The van der Waals surface area contributed by atoms with E-state index >= 15 is 0 Å². The van der Waals surface area contributed by atoms with Crippen molar-refractivity contribution in [1.29, 1.82) is 0 Å². The Labute approximate surface area is 219 Å². The summed E-state index contributed by atoms with van der Waals surface area (Å²) in [7, 11) is 3.81. The van der Waals surface area contributed by atoms with Crippen LogP contribution in [-0.4, -0.2) is 60.3 Å². The highest BCUT2D eigenvalue weighted by Crippen LogP contribution is 2.36. The van der Waals surface area contributed by atoms with Crippen LogP contribution < -0.4 is 20.3 Å². The number of rotatable bonds is 7. The third kappa shape index (κ3) is 5.88. The van der Waals surface area contributed by atoms with E-state index < -0.39 is 11.4 Å². The molecule has 0 aliphatic carbocycles. The molecule has 0 unspecified atom stereocenters. The molecule has 8 nitrogen and oxygen atoms in total. The summed E-state index contributed by atoms with van der Waals surface area (Å²) in [6.45, 7) is 9.16. The average Bonchev–Trinajstić information content (AvgIpc) is 2.83. The van der Waals surface area contributed by atoms with E-state index in [4.69, 9.17) is 4.74 Å². The molecule has 0 saturated carbocycles. The van der Waals surface area contributed by atoms with Gasteiger partial charge in [-0.15, -0.1) is 0 Å². The molecular formula is C26H32BrFN6O2. The second-order valence-corrected chi connectivity index (χ2v) is 10.4. The van der Waals surface area contributed by atoms with Crippen molar-refractivity contribution >= 4 is 44.8 Å². The van der Waals surface area contributed by atoms with Crippen molar-refractivity contribution in [2.75, 3.05) is 55.9 Å². The third-order valence-corrected chi connectivity index (χ3v) is 6.83. The van der Waals surface area contributed by atoms with E-state index in [9.17, 15) is 9.50 Å². The largest absolute Gasteiger partial charge is 0.495 e. The first-order chi connectivity index (χ1) is 17.0. The Kier molecular flexibility index (Phi) is 7.67. The van der Waals surface area contributed by atoms with Gasteiger partial charge in [0.05, 0.1) is 22.9 Å². The van der Waals surface area contributed by atoms with Crippen molar-refractivity contribution in [2.45, 2.75) is 26.4 Å². The van der Waals surface area contributed by atoms with Crippen LogP contribution in [0, 0.1) is 12.7 Å². The number of likely N-dealkylation sites (N-methyl/N-ethyl adjacent to an activating group) is 1. The highest BCUT2D eigenvalue weighted by Gasteiger charge is 2.22. The Bertz CT molecular complexity index is 1240. The number of piperazine rings is 1. The fourth-order valence-corrected chi connectivity index (χ4v) is 4.45. The Morgan fingerprint density at radius 2 is 1.81 bits per heavy atom. The molecule has 1 aliphatic heterocycles. The third-order valence-electron chi connectivity index (χ3n) is 6.25. The van der Waals surface area contributed by atoms with Gasteiger partial charge in [0.1, 0.15) is 17.4 Å². The van der Waals surface area contributed by atoms with Gasteiger partial charge in [0.2, 0.25) is 5.95 Å². The number of aliphatic hydroxyl groups is 1. The van der Waals surface area contributed by atoms with Gasteiger partial charge in [-0.25, -0.2) is 9.37 Å². The quantitative estimate of drug-likeness (QED) is 0.366. The molecule has 4 rings (SSSR count). The molecule has 1 fully saturated rings. The summed E-state index contributed by atoms with van der Waals surface area (Å²) in [6.07, 6.45) is 1.64. The van der Waals surface area contributed by atoms with Crippen LogP contribution in [0.15, 0.2) is 41.0 Å². The van der Waals surface area contributed by atoms with Gasteiger partial charge >= 0.3 is 0 Å². The molecule has 2 heterocycles. The predicted molar refractivity (Wildman–Crippen MR) is 145 cm³/mol. The highest BCUT2D eigenvalue weighted by molar-refractivity contribution is 9.10. The summed E-state index contributed by atoms with van der Waals surface area (Å²) in [5.74, 6) is 1.21. The lowest BCUT2D eigenvalue weighted by molar-refractivity contribution is 0.0790. The zero-order valence-electron chi connectivity index (χ0n) is 21.2.